The average molecular weight is 351 g/mol. The number of rotatable bonds is 2. The Labute approximate surface area is 157 Å². The number of nitrogen functional groups attached to an aromatic ring is 2. The highest BCUT2D eigenvalue weighted by molar-refractivity contribution is 6.19. The minimum atomic E-state index is 0.613. The van der Waals surface area contributed by atoms with Gasteiger partial charge in [0.05, 0.1) is 22.8 Å². The molecule has 0 unspecified atom stereocenters. The first kappa shape index (κ1) is 15.4. The third kappa shape index (κ3) is 2.48. The highest BCUT2D eigenvalue weighted by Gasteiger charge is 2.29. The van der Waals surface area contributed by atoms with Crippen LogP contribution >= 0.6 is 0 Å². The van der Waals surface area contributed by atoms with Crippen molar-refractivity contribution < 1.29 is 0 Å². The van der Waals surface area contributed by atoms with E-state index in [-0.39, 0.29) is 0 Å². The van der Waals surface area contributed by atoms with Crippen LogP contribution in [0.2, 0.25) is 0 Å². The predicted molar refractivity (Wildman–Crippen MR) is 111 cm³/mol. The van der Waals surface area contributed by atoms with Gasteiger partial charge in [-0.1, -0.05) is 42.5 Å². The second-order valence-electron chi connectivity index (χ2n) is 6.47. The highest BCUT2D eigenvalue weighted by Crippen LogP contribution is 2.35. The van der Waals surface area contributed by atoms with Crippen LogP contribution in [0.4, 0.5) is 11.4 Å². The van der Waals surface area contributed by atoms with Gasteiger partial charge in [-0.2, -0.15) is 0 Å². The average Bonchev–Trinajstić information content (AvgIpc) is 2.68. The van der Waals surface area contributed by atoms with Gasteiger partial charge >= 0.3 is 0 Å². The van der Waals surface area contributed by atoms with E-state index in [1.165, 1.54) is 0 Å². The van der Waals surface area contributed by atoms with Crippen LogP contribution in [0.1, 0.15) is 11.1 Å². The van der Waals surface area contributed by atoms with E-state index in [9.17, 15) is 0 Å². The third-order valence-corrected chi connectivity index (χ3v) is 4.73. The van der Waals surface area contributed by atoms with Crippen LogP contribution in [0.15, 0.2) is 100 Å². The fourth-order valence-electron chi connectivity index (χ4n) is 3.42. The summed E-state index contributed by atoms with van der Waals surface area (Å²) >= 11 is 0. The Morgan fingerprint density at radius 1 is 0.741 bits per heavy atom. The maximum atomic E-state index is 6.16. The van der Waals surface area contributed by atoms with Gasteiger partial charge < -0.3 is 11.5 Å². The number of aliphatic imine (C=N–C) groups is 2. The molecule has 0 spiro atoms. The first-order chi connectivity index (χ1) is 13.2. The smallest absolute Gasteiger partial charge is 0.235 e. The molecule has 3 aliphatic heterocycles. The summed E-state index contributed by atoms with van der Waals surface area (Å²) in [7, 11) is 0. The zero-order valence-electron chi connectivity index (χ0n) is 14.5. The van der Waals surface area contributed by atoms with E-state index in [4.69, 9.17) is 21.5 Å². The summed E-state index contributed by atoms with van der Waals surface area (Å²) < 4.78 is 0. The first-order valence-electron chi connectivity index (χ1n) is 8.70. The molecule has 5 heteroatoms. The second-order valence-corrected chi connectivity index (χ2v) is 6.47. The van der Waals surface area contributed by atoms with E-state index < -0.39 is 0 Å². The summed E-state index contributed by atoms with van der Waals surface area (Å²) in [6, 6.07) is 15.5. The molecule has 130 valence electrons. The van der Waals surface area contributed by atoms with Gasteiger partial charge in [0, 0.05) is 22.5 Å². The molecule has 0 saturated heterocycles. The Morgan fingerprint density at radius 2 is 1.44 bits per heavy atom. The zero-order valence-corrected chi connectivity index (χ0v) is 14.5. The fraction of sp³-hybridized carbons (Fsp3) is 0. The van der Waals surface area contributed by atoms with E-state index in [1.54, 1.807) is 0 Å². The molecule has 27 heavy (non-hydrogen) atoms. The Balaban J connectivity index is 1.68. The topological polar surface area (TPSA) is 80.0 Å². The highest BCUT2D eigenvalue weighted by atomic mass is 15.3. The number of nitrogens with two attached hydrogens (primary N) is 2. The van der Waals surface area contributed by atoms with Gasteiger partial charge in [0.25, 0.3) is 0 Å². The van der Waals surface area contributed by atoms with Crippen molar-refractivity contribution in [2.45, 2.75) is 0 Å². The van der Waals surface area contributed by atoms with Crippen LogP contribution in [-0.2, 0) is 0 Å². The van der Waals surface area contributed by atoms with Crippen molar-refractivity contribution in [2.24, 2.45) is 9.98 Å². The van der Waals surface area contributed by atoms with Crippen LogP contribution in [0.25, 0.3) is 5.70 Å². The Morgan fingerprint density at radius 3 is 2.19 bits per heavy atom. The van der Waals surface area contributed by atoms with E-state index >= 15 is 0 Å². The van der Waals surface area contributed by atoms with Crippen molar-refractivity contribution in [3.05, 3.63) is 101 Å². The lowest BCUT2D eigenvalue weighted by Gasteiger charge is -2.34. The molecule has 5 rings (SSSR count). The number of guanidine groups is 1. The standard InChI is InChI=1S/C22H17N5/c23-18-10-3-1-8-16(18)20-12-14-6-5-7-15-13-21(26-22(25-20)27(14)15)17-9-2-4-11-19(17)24/h1-13H,23-24H2. The summed E-state index contributed by atoms with van der Waals surface area (Å²) in [5, 5.41) is 0. The number of anilines is 2. The largest absolute Gasteiger partial charge is 0.398 e. The first-order valence-corrected chi connectivity index (χ1v) is 8.70. The van der Waals surface area contributed by atoms with Crippen molar-refractivity contribution in [3.8, 4) is 0 Å². The number of para-hydroxylation sites is 2. The van der Waals surface area contributed by atoms with Crippen molar-refractivity contribution >= 4 is 28.7 Å². The lowest BCUT2D eigenvalue weighted by Crippen LogP contribution is -2.34. The molecule has 2 aromatic carbocycles. The second kappa shape index (κ2) is 5.85. The summed E-state index contributed by atoms with van der Waals surface area (Å²) in [5.74, 6) is 0.613. The molecule has 3 heterocycles. The lowest BCUT2D eigenvalue weighted by molar-refractivity contribution is 0.648. The third-order valence-electron chi connectivity index (χ3n) is 4.73. The normalized spacial score (nSPS) is 17.3. The molecule has 0 fully saturated rings. The van der Waals surface area contributed by atoms with Gasteiger partial charge in [-0.05, 0) is 36.4 Å². The van der Waals surface area contributed by atoms with E-state index in [0.717, 1.165) is 33.9 Å². The van der Waals surface area contributed by atoms with Crippen LogP contribution in [-0.4, -0.2) is 16.6 Å². The number of hydrogen-bond acceptors (Lipinski definition) is 5. The number of nitrogens with zero attached hydrogens (tertiary/aromatic N) is 3. The van der Waals surface area contributed by atoms with Crippen molar-refractivity contribution in [3.63, 3.8) is 0 Å². The fourth-order valence-corrected chi connectivity index (χ4v) is 3.42. The maximum Gasteiger partial charge on any atom is 0.235 e. The molecular weight excluding hydrogens is 334 g/mol. The summed E-state index contributed by atoms with van der Waals surface area (Å²) in [6.45, 7) is 0. The van der Waals surface area contributed by atoms with Crippen LogP contribution in [0.5, 0.6) is 0 Å². The van der Waals surface area contributed by atoms with Crippen molar-refractivity contribution in [1.82, 2.24) is 4.90 Å². The van der Waals surface area contributed by atoms with Crippen LogP contribution < -0.4 is 11.5 Å². The maximum absolute atomic E-state index is 6.16. The quantitative estimate of drug-likeness (QED) is 0.810. The van der Waals surface area contributed by atoms with E-state index in [2.05, 4.69) is 0 Å². The molecule has 0 saturated carbocycles. The number of benzene rings is 2. The van der Waals surface area contributed by atoms with Gasteiger partial charge in [-0.3, -0.25) is 4.90 Å². The summed E-state index contributed by atoms with van der Waals surface area (Å²) in [4.78, 5) is 11.6. The van der Waals surface area contributed by atoms with Crippen molar-refractivity contribution in [2.75, 3.05) is 11.5 Å². The van der Waals surface area contributed by atoms with Crippen LogP contribution in [0, 0.1) is 0 Å². The van der Waals surface area contributed by atoms with E-state index in [1.807, 2.05) is 83.8 Å². The Bertz CT molecular complexity index is 1100. The molecule has 0 aliphatic carbocycles. The molecule has 3 aliphatic rings. The van der Waals surface area contributed by atoms with Gasteiger partial charge in [-0.25, -0.2) is 9.98 Å². The molecule has 0 atom stereocenters. The minimum Gasteiger partial charge on any atom is -0.398 e. The predicted octanol–water partition coefficient (Wildman–Crippen LogP) is 3.70. The molecule has 0 radical (unpaired) electrons. The molecule has 0 aromatic heterocycles. The lowest BCUT2D eigenvalue weighted by atomic mass is 10.0. The minimum absolute atomic E-state index is 0.613. The molecule has 4 N–H and O–H groups in total. The van der Waals surface area contributed by atoms with Gasteiger partial charge in [-0.15, -0.1) is 0 Å². The number of hydrogen-bond donors (Lipinski definition) is 2. The molecule has 2 aromatic rings. The molecule has 5 nitrogen and oxygen atoms in total. The van der Waals surface area contributed by atoms with Gasteiger partial charge in [0.1, 0.15) is 0 Å². The number of allylic oxidation sites excluding steroid dienone is 5. The monoisotopic (exact) mass is 351 g/mol. The Kier molecular flexibility index (Phi) is 3.33. The van der Waals surface area contributed by atoms with Crippen LogP contribution in [0.3, 0.4) is 0 Å². The van der Waals surface area contributed by atoms with E-state index in [0.29, 0.717) is 17.3 Å². The Hall–Kier alpha value is -3.86. The van der Waals surface area contributed by atoms with Gasteiger partial charge in [0.15, 0.2) is 0 Å². The summed E-state index contributed by atoms with van der Waals surface area (Å²) in [5.41, 5.74) is 19.1. The summed E-state index contributed by atoms with van der Waals surface area (Å²) in [6.07, 6.45) is 10.2. The molecule has 0 bridgehead atoms. The van der Waals surface area contributed by atoms with Crippen molar-refractivity contribution in [1.29, 1.82) is 0 Å². The van der Waals surface area contributed by atoms with Gasteiger partial charge in [0.2, 0.25) is 5.96 Å². The zero-order chi connectivity index (χ0) is 18.4. The molecular formula is C22H17N5. The molecule has 0 amide bonds. The SMILES string of the molecule is Nc1ccccc1C1=CC2=CC=CC3=CC(c4ccccc4N)=NC(=N1)N23.